The summed E-state index contributed by atoms with van der Waals surface area (Å²) in [6, 6.07) is 4.66. The third-order valence-electron chi connectivity index (χ3n) is 4.92. The van der Waals surface area contributed by atoms with Crippen molar-refractivity contribution in [3.05, 3.63) is 30.3 Å². The van der Waals surface area contributed by atoms with Gasteiger partial charge in [-0.3, -0.25) is 4.79 Å². The van der Waals surface area contributed by atoms with Crippen LogP contribution >= 0.6 is 0 Å². The second kappa shape index (κ2) is 6.31. The Morgan fingerprint density at radius 1 is 1.40 bits per heavy atom. The molecule has 0 amide bonds. The van der Waals surface area contributed by atoms with Crippen molar-refractivity contribution in [1.29, 1.82) is 0 Å². The molecule has 2 N–H and O–H groups in total. The molecule has 1 saturated heterocycles. The fourth-order valence-electron chi connectivity index (χ4n) is 3.74. The number of carboxylic acid groups (broad SMARTS) is 1. The molecular weight excluding hydrogens is 323 g/mol. The van der Waals surface area contributed by atoms with Gasteiger partial charge >= 0.3 is 5.97 Å². The Morgan fingerprint density at radius 3 is 3.12 bits per heavy atom. The van der Waals surface area contributed by atoms with Crippen LogP contribution in [0.15, 0.2) is 24.5 Å². The van der Waals surface area contributed by atoms with Crippen LogP contribution in [0.2, 0.25) is 0 Å². The smallest absolute Gasteiger partial charge is 0.303 e. The molecule has 1 aliphatic heterocycles. The number of aromatic nitrogens is 3. The van der Waals surface area contributed by atoms with Crippen LogP contribution in [-0.2, 0) is 4.79 Å². The third-order valence-corrected chi connectivity index (χ3v) is 4.92. The molecule has 25 heavy (non-hydrogen) atoms. The highest BCUT2D eigenvalue weighted by Crippen LogP contribution is 2.33. The van der Waals surface area contributed by atoms with E-state index < -0.39 is 5.97 Å². The lowest BCUT2D eigenvalue weighted by molar-refractivity contribution is -0.137. The zero-order chi connectivity index (χ0) is 17.4. The van der Waals surface area contributed by atoms with Crippen LogP contribution in [0.3, 0.4) is 0 Å². The second-order valence-electron chi connectivity index (χ2n) is 6.62. The average molecular weight is 342 g/mol. The maximum absolute atomic E-state index is 13.5. The van der Waals surface area contributed by atoms with E-state index in [9.17, 15) is 9.18 Å². The first kappa shape index (κ1) is 15.8. The number of carboxylic acids is 1. The van der Waals surface area contributed by atoms with Crippen molar-refractivity contribution in [2.45, 2.75) is 25.7 Å². The van der Waals surface area contributed by atoms with Crippen molar-refractivity contribution in [3.63, 3.8) is 0 Å². The molecule has 130 valence electrons. The maximum Gasteiger partial charge on any atom is 0.303 e. The number of piperidine rings is 1. The van der Waals surface area contributed by atoms with Gasteiger partial charge in [0.15, 0.2) is 0 Å². The molecule has 1 fully saturated rings. The quantitative estimate of drug-likeness (QED) is 0.760. The summed E-state index contributed by atoms with van der Waals surface area (Å²) in [5, 5.41) is 10.7. The number of hydrogen-bond donors (Lipinski definition) is 2. The van der Waals surface area contributed by atoms with Gasteiger partial charge in [0.25, 0.3) is 0 Å². The predicted molar refractivity (Wildman–Crippen MR) is 93.2 cm³/mol. The molecule has 1 unspecified atom stereocenters. The topological polar surface area (TPSA) is 82.1 Å². The summed E-state index contributed by atoms with van der Waals surface area (Å²) in [5.74, 6) is 0.140. The van der Waals surface area contributed by atoms with E-state index in [1.54, 1.807) is 6.07 Å². The Hall–Kier alpha value is -2.70. The number of hydrogen-bond acceptors (Lipinski definition) is 4. The lowest BCUT2D eigenvalue weighted by Gasteiger charge is -2.33. The molecule has 0 radical (unpaired) electrons. The lowest BCUT2D eigenvalue weighted by Crippen LogP contribution is -2.36. The average Bonchev–Trinajstić information content (AvgIpc) is 2.97. The van der Waals surface area contributed by atoms with Gasteiger partial charge in [-0.15, -0.1) is 0 Å². The lowest BCUT2D eigenvalue weighted by atomic mass is 9.93. The molecule has 0 aliphatic carbocycles. The van der Waals surface area contributed by atoms with E-state index in [0.29, 0.717) is 23.5 Å². The molecule has 0 bridgehead atoms. The van der Waals surface area contributed by atoms with E-state index >= 15 is 0 Å². The number of H-pyrrole nitrogens is 1. The molecule has 0 saturated carbocycles. The number of halogens is 1. The van der Waals surface area contributed by atoms with Gasteiger partial charge in [-0.2, -0.15) is 0 Å². The van der Waals surface area contributed by atoms with Gasteiger partial charge in [0.05, 0.1) is 10.9 Å². The molecular formula is C18H19FN4O2. The minimum absolute atomic E-state index is 0.198. The summed E-state index contributed by atoms with van der Waals surface area (Å²) in [6.45, 7) is 1.66. The van der Waals surface area contributed by atoms with Gasteiger partial charge < -0.3 is 15.0 Å². The van der Waals surface area contributed by atoms with E-state index in [-0.39, 0.29) is 12.2 Å². The largest absolute Gasteiger partial charge is 0.481 e. The molecule has 4 rings (SSSR count). The van der Waals surface area contributed by atoms with Crippen molar-refractivity contribution >= 4 is 33.7 Å². The van der Waals surface area contributed by atoms with Gasteiger partial charge in [0.1, 0.15) is 23.6 Å². The summed E-state index contributed by atoms with van der Waals surface area (Å²) in [6.07, 6.45) is 4.44. The van der Waals surface area contributed by atoms with Gasteiger partial charge in [0, 0.05) is 24.9 Å². The number of benzene rings is 1. The molecule has 7 heteroatoms. The van der Waals surface area contributed by atoms with Crippen LogP contribution in [0.1, 0.15) is 25.7 Å². The van der Waals surface area contributed by atoms with E-state index in [4.69, 9.17) is 5.11 Å². The zero-order valence-corrected chi connectivity index (χ0v) is 13.7. The van der Waals surface area contributed by atoms with Crippen molar-refractivity contribution in [2.24, 2.45) is 5.92 Å². The first-order valence-corrected chi connectivity index (χ1v) is 8.50. The predicted octanol–water partition coefficient (Wildman–Crippen LogP) is 3.33. The number of aliphatic carboxylic acids is 1. The fourth-order valence-corrected chi connectivity index (χ4v) is 3.74. The summed E-state index contributed by atoms with van der Waals surface area (Å²) < 4.78 is 13.5. The SMILES string of the molecule is O=C(O)CCC1CCCN(c2ncnc3[nH]c4cc(F)ccc4c23)C1. The Morgan fingerprint density at radius 2 is 2.28 bits per heavy atom. The first-order chi connectivity index (χ1) is 12.1. The Bertz CT molecular complexity index is 939. The Labute approximate surface area is 143 Å². The van der Waals surface area contributed by atoms with Crippen molar-refractivity contribution < 1.29 is 14.3 Å². The molecule has 6 nitrogen and oxygen atoms in total. The summed E-state index contributed by atoms with van der Waals surface area (Å²) >= 11 is 0. The monoisotopic (exact) mass is 342 g/mol. The molecule has 0 spiro atoms. The van der Waals surface area contributed by atoms with Crippen LogP contribution in [0.4, 0.5) is 10.2 Å². The van der Waals surface area contributed by atoms with Gasteiger partial charge in [-0.05, 0) is 43.4 Å². The highest BCUT2D eigenvalue weighted by atomic mass is 19.1. The fraction of sp³-hybridized carbons (Fsp3) is 0.389. The normalized spacial score (nSPS) is 18.1. The highest BCUT2D eigenvalue weighted by molar-refractivity contribution is 6.11. The standard InChI is InChI=1S/C18H19FN4O2/c19-12-4-5-13-14(8-12)22-17-16(13)18(21-10-20-17)23-7-1-2-11(9-23)3-6-15(24)25/h4-5,8,10-11H,1-3,6-7,9H2,(H,24,25)(H,20,21,22). The number of anilines is 1. The van der Waals surface area contributed by atoms with E-state index in [0.717, 1.165) is 42.5 Å². The highest BCUT2D eigenvalue weighted by Gasteiger charge is 2.24. The third kappa shape index (κ3) is 3.01. The Balaban J connectivity index is 1.70. The number of nitrogens with zero attached hydrogens (tertiary/aromatic N) is 3. The second-order valence-corrected chi connectivity index (χ2v) is 6.62. The minimum Gasteiger partial charge on any atom is -0.481 e. The summed E-state index contributed by atoms with van der Waals surface area (Å²) in [4.78, 5) is 25.0. The van der Waals surface area contributed by atoms with Crippen molar-refractivity contribution in [1.82, 2.24) is 15.0 Å². The zero-order valence-electron chi connectivity index (χ0n) is 13.7. The van der Waals surface area contributed by atoms with Gasteiger partial charge in [-0.1, -0.05) is 0 Å². The Kier molecular flexibility index (Phi) is 3.99. The molecule has 1 aliphatic rings. The van der Waals surface area contributed by atoms with Crippen LogP contribution in [0.5, 0.6) is 0 Å². The molecule has 2 aromatic heterocycles. The molecule has 1 atom stereocenters. The molecule has 1 aromatic carbocycles. The van der Waals surface area contributed by atoms with Crippen LogP contribution in [-0.4, -0.2) is 39.1 Å². The van der Waals surface area contributed by atoms with Crippen molar-refractivity contribution in [3.8, 4) is 0 Å². The van der Waals surface area contributed by atoms with E-state index in [1.165, 1.54) is 18.5 Å². The maximum atomic E-state index is 13.5. The number of carbonyl (C=O) groups is 1. The number of aromatic amines is 1. The first-order valence-electron chi connectivity index (χ1n) is 8.50. The molecule has 3 aromatic rings. The summed E-state index contributed by atoms with van der Waals surface area (Å²) in [5.41, 5.74) is 1.40. The van der Waals surface area contributed by atoms with E-state index in [1.807, 2.05) is 0 Å². The van der Waals surface area contributed by atoms with Crippen LogP contribution < -0.4 is 4.90 Å². The van der Waals surface area contributed by atoms with Crippen molar-refractivity contribution in [2.75, 3.05) is 18.0 Å². The van der Waals surface area contributed by atoms with Crippen LogP contribution in [0, 0.1) is 11.7 Å². The number of fused-ring (bicyclic) bond motifs is 3. The van der Waals surface area contributed by atoms with E-state index in [2.05, 4.69) is 19.9 Å². The minimum atomic E-state index is -0.750. The number of rotatable bonds is 4. The van der Waals surface area contributed by atoms with Gasteiger partial charge in [-0.25, -0.2) is 14.4 Å². The van der Waals surface area contributed by atoms with Crippen LogP contribution in [0.25, 0.3) is 21.9 Å². The summed E-state index contributed by atoms with van der Waals surface area (Å²) in [7, 11) is 0. The van der Waals surface area contributed by atoms with Gasteiger partial charge in [0.2, 0.25) is 0 Å². The number of nitrogens with one attached hydrogen (secondary N) is 1. The molecule has 3 heterocycles.